The fourth-order valence-electron chi connectivity index (χ4n) is 1.65. The lowest BCUT2D eigenvalue weighted by Crippen LogP contribution is -2.13. The first-order valence-electron chi connectivity index (χ1n) is 5.53. The molecule has 5 heteroatoms. The Morgan fingerprint density at radius 3 is 2.67 bits per heavy atom. The van der Waals surface area contributed by atoms with Crippen LogP contribution < -0.4 is 11.1 Å². The molecule has 0 saturated heterocycles. The van der Waals surface area contributed by atoms with Crippen LogP contribution in [-0.4, -0.2) is 15.9 Å². The van der Waals surface area contributed by atoms with E-state index in [1.807, 2.05) is 6.92 Å². The fraction of sp³-hybridized carbons (Fsp3) is 0.154. The lowest BCUT2D eigenvalue weighted by molar-refractivity contribution is 0.102. The van der Waals surface area contributed by atoms with E-state index in [-0.39, 0.29) is 5.91 Å². The maximum atomic E-state index is 12.0. The van der Waals surface area contributed by atoms with Gasteiger partial charge in [-0.05, 0) is 38.1 Å². The van der Waals surface area contributed by atoms with Gasteiger partial charge in [0.05, 0.1) is 0 Å². The number of pyridine rings is 2. The van der Waals surface area contributed by atoms with Gasteiger partial charge in [0.2, 0.25) is 0 Å². The molecule has 0 unspecified atom stereocenters. The van der Waals surface area contributed by atoms with Crippen molar-refractivity contribution >= 4 is 17.4 Å². The molecule has 0 fully saturated rings. The van der Waals surface area contributed by atoms with Crippen LogP contribution in [0.15, 0.2) is 30.5 Å². The molecule has 2 rings (SSSR count). The fourth-order valence-corrected chi connectivity index (χ4v) is 1.65. The van der Waals surface area contributed by atoms with Gasteiger partial charge in [-0.2, -0.15) is 0 Å². The monoisotopic (exact) mass is 242 g/mol. The Labute approximate surface area is 105 Å². The summed E-state index contributed by atoms with van der Waals surface area (Å²) in [7, 11) is 0. The lowest BCUT2D eigenvalue weighted by atomic mass is 10.2. The number of hydrogen-bond donors (Lipinski definition) is 2. The minimum Gasteiger partial charge on any atom is -0.384 e. The SMILES string of the molecule is Cc1cc(NC(=O)c2cc(C)nc(N)c2)ccn1. The molecule has 0 aliphatic carbocycles. The van der Waals surface area contributed by atoms with E-state index >= 15 is 0 Å². The van der Waals surface area contributed by atoms with Crippen molar-refractivity contribution in [3.05, 3.63) is 47.4 Å². The number of carbonyl (C=O) groups is 1. The van der Waals surface area contributed by atoms with Gasteiger partial charge in [0.15, 0.2) is 0 Å². The Bertz CT molecular complexity index is 575. The Hall–Kier alpha value is -2.43. The minimum absolute atomic E-state index is 0.210. The zero-order chi connectivity index (χ0) is 13.1. The van der Waals surface area contributed by atoms with E-state index in [9.17, 15) is 4.79 Å². The zero-order valence-electron chi connectivity index (χ0n) is 10.3. The number of aromatic nitrogens is 2. The van der Waals surface area contributed by atoms with Crippen LogP contribution in [-0.2, 0) is 0 Å². The Morgan fingerprint density at radius 1 is 1.22 bits per heavy atom. The van der Waals surface area contributed by atoms with Crippen LogP contribution >= 0.6 is 0 Å². The quantitative estimate of drug-likeness (QED) is 0.843. The van der Waals surface area contributed by atoms with E-state index in [1.54, 1.807) is 37.4 Å². The number of aryl methyl sites for hydroxylation is 2. The number of nitrogens with two attached hydrogens (primary N) is 1. The van der Waals surface area contributed by atoms with Gasteiger partial charge in [0.1, 0.15) is 5.82 Å². The second kappa shape index (κ2) is 4.83. The second-order valence-electron chi connectivity index (χ2n) is 4.06. The van der Waals surface area contributed by atoms with E-state index in [0.29, 0.717) is 22.8 Å². The number of hydrogen-bond acceptors (Lipinski definition) is 4. The minimum atomic E-state index is -0.210. The topological polar surface area (TPSA) is 80.9 Å². The number of nitrogens with zero attached hydrogens (tertiary/aromatic N) is 2. The van der Waals surface area contributed by atoms with E-state index in [0.717, 1.165) is 5.69 Å². The van der Waals surface area contributed by atoms with Crippen molar-refractivity contribution in [2.45, 2.75) is 13.8 Å². The van der Waals surface area contributed by atoms with E-state index in [1.165, 1.54) is 0 Å². The highest BCUT2D eigenvalue weighted by atomic mass is 16.1. The van der Waals surface area contributed by atoms with Crippen molar-refractivity contribution in [3.8, 4) is 0 Å². The van der Waals surface area contributed by atoms with Crippen LogP contribution in [0.5, 0.6) is 0 Å². The molecule has 0 bridgehead atoms. The van der Waals surface area contributed by atoms with Gasteiger partial charge >= 0.3 is 0 Å². The number of amides is 1. The maximum absolute atomic E-state index is 12.0. The molecular weight excluding hydrogens is 228 g/mol. The summed E-state index contributed by atoms with van der Waals surface area (Å²) in [5.41, 5.74) is 8.38. The number of nitrogen functional groups attached to an aromatic ring is 1. The molecule has 2 aromatic rings. The summed E-state index contributed by atoms with van der Waals surface area (Å²) in [6, 6.07) is 6.79. The number of nitrogens with one attached hydrogen (secondary N) is 1. The van der Waals surface area contributed by atoms with Gasteiger partial charge in [-0.1, -0.05) is 0 Å². The van der Waals surface area contributed by atoms with Crippen LogP contribution in [0.4, 0.5) is 11.5 Å². The molecule has 3 N–H and O–H groups in total. The van der Waals surface area contributed by atoms with Crippen molar-refractivity contribution < 1.29 is 4.79 Å². The summed E-state index contributed by atoms with van der Waals surface area (Å²) in [6.45, 7) is 3.66. The first-order chi connectivity index (χ1) is 8.54. The third kappa shape index (κ3) is 2.82. The lowest BCUT2D eigenvalue weighted by Gasteiger charge is -2.07. The van der Waals surface area contributed by atoms with Crippen LogP contribution in [0, 0.1) is 13.8 Å². The Balaban J connectivity index is 2.22. The summed E-state index contributed by atoms with van der Waals surface area (Å²) in [5, 5.41) is 2.79. The number of rotatable bonds is 2. The molecule has 2 aromatic heterocycles. The van der Waals surface area contributed by atoms with E-state index < -0.39 is 0 Å². The molecule has 1 amide bonds. The van der Waals surface area contributed by atoms with Crippen LogP contribution in [0.2, 0.25) is 0 Å². The van der Waals surface area contributed by atoms with Crippen molar-refractivity contribution in [3.63, 3.8) is 0 Å². The molecule has 18 heavy (non-hydrogen) atoms. The van der Waals surface area contributed by atoms with Crippen LogP contribution in [0.25, 0.3) is 0 Å². The van der Waals surface area contributed by atoms with E-state index in [4.69, 9.17) is 5.73 Å². The Kier molecular flexibility index (Phi) is 3.23. The van der Waals surface area contributed by atoms with Crippen LogP contribution in [0.3, 0.4) is 0 Å². The van der Waals surface area contributed by atoms with Gasteiger partial charge in [-0.15, -0.1) is 0 Å². The van der Waals surface area contributed by atoms with Gasteiger partial charge in [-0.3, -0.25) is 9.78 Å². The summed E-state index contributed by atoms with van der Waals surface area (Å²) in [4.78, 5) is 20.1. The summed E-state index contributed by atoms with van der Waals surface area (Å²) in [6.07, 6.45) is 1.65. The normalized spacial score (nSPS) is 10.1. The molecule has 0 radical (unpaired) electrons. The molecule has 0 spiro atoms. The molecule has 2 heterocycles. The van der Waals surface area contributed by atoms with Gasteiger partial charge in [-0.25, -0.2) is 4.98 Å². The highest BCUT2D eigenvalue weighted by Gasteiger charge is 2.08. The molecule has 5 nitrogen and oxygen atoms in total. The third-order valence-corrected chi connectivity index (χ3v) is 2.39. The summed E-state index contributed by atoms with van der Waals surface area (Å²) in [5.74, 6) is 0.129. The molecular formula is C13H14N4O. The van der Waals surface area contributed by atoms with Crippen molar-refractivity contribution in [2.24, 2.45) is 0 Å². The first-order valence-corrected chi connectivity index (χ1v) is 5.53. The molecule has 0 aliphatic heterocycles. The molecule has 0 aromatic carbocycles. The second-order valence-corrected chi connectivity index (χ2v) is 4.06. The third-order valence-electron chi connectivity index (χ3n) is 2.39. The highest BCUT2D eigenvalue weighted by Crippen LogP contribution is 2.12. The maximum Gasteiger partial charge on any atom is 0.255 e. The summed E-state index contributed by atoms with van der Waals surface area (Å²) >= 11 is 0. The van der Waals surface area contributed by atoms with Crippen molar-refractivity contribution in [1.82, 2.24) is 9.97 Å². The molecule has 0 atom stereocenters. The van der Waals surface area contributed by atoms with Crippen LogP contribution in [0.1, 0.15) is 21.7 Å². The smallest absolute Gasteiger partial charge is 0.255 e. The van der Waals surface area contributed by atoms with E-state index in [2.05, 4.69) is 15.3 Å². The average Bonchev–Trinajstić information content (AvgIpc) is 2.27. The predicted molar refractivity (Wildman–Crippen MR) is 70.3 cm³/mol. The highest BCUT2D eigenvalue weighted by molar-refractivity contribution is 6.04. The molecule has 0 aliphatic rings. The van der Waals surface area contributed by atoms with Gasteiger partial charge in [0, 0.05) is 28.8 Å². The molecule has 92 valence electrons. The standard InChI is InChI=1S/C13H14N4O/c1-8-6-11(3-4-15-8)17-13(18)10-5-9(2)16-12(14)7-10/h3-7H,1-2H3,(H2,14,16)(H,15,17,18). The zero-order valence-corrected chi connectivity index (χ0v) is 10.3. The largest absolute Gasteiger partial charge is 0.384 e. The van der Waals surface area contributed by atoms with Gasteiger partial charge in [0.25, 0.3) is 5.91 Å². The number of anilines is 2. The number of carbonyl (C=O) groups excluding carboxylic acids is 1. The Morgan fingerprint density at radius 2 is 2.00 bits per heavy atom. The predicted octanol–water partition coefficient (Wildman–Crippen LogP) is 1.93. The van der Waals surface area contributed by atoms with Gasteiger partial charge < -0.3 is 11.1 Å². The van der Waals surface area contributed by atoms with Crippen molar-refractivity contribution in [1.29, 1.82) is 0 Å². The molecule has 0 saturated carbocycles. The average molecular weight is 242 g/mol. The summed E-state index contributed by atoms with van der Waals surface area (Å²) < 4.78 is 0. The van der Waals surface area contributed by atoms with Crippen molar-refractivity contribution in [2.75, 3.05) is 11.1 Å². The first kappa shape index (κ1) is 12.0.